The number of nitrogens with zero attached hydrogens (tertiary/aromatic N) is 2. The van der Waals surface area contributed by atoms with Crippen molar-refractivity contribution < 1.29 is 9.66 Å². The first-order valence-corrected chi connectivity index (χ1v) is 7.41. The van der Waals surface area contributed by atoms with Gasteiger partial charge in [-0.1, -0.05) is 32.0 Å². The van der Waals surface area contributed by atoms with E-state index in [-0.39, 0.29) is 17.6 Å². The van der Waals surface area contributed by atoms with Gasteiger partial charge < -0.3 is 10.1 Å². The lowest BCUT2D eigenvalue weighted by molar-refractivity contribution is -0.384. The maximum Gasteiger partial charge on any atom is 0.311 e. The van der Waals surface area contributed by atoms with Gasteiger partial charge in [0.1, 0.15) is 11.9 Å². The van der Waals surface area contributed by atoms with Crippen LogP contribution in [0.2, 0.25) is 0 Å². The van der Waals surface area contributed by atoms with Crippen LogP contribution in [0, 0.1) is 16.0 Å². The lowest BCUT2D eigenvalue weighted by Crippen LogP contribution is -2.31. The molecule has 0 fully saturated rings. The second kappa shape index (κ2) is 7.17. The van der Waals surface area contributed by atoms with Gasteiger partial charge in [-0.2, -0.15) is 0 Å². The molecule has 1 heterocycles. The molecule has 0 saturated heterocycles. The van der Waals surface area contributed by atoms with Crippen molar-refractivity contribution >= 4 is 22.3 Å². The fourth-order valence-electron chi connectivity index (χ4n) is 2.25. The van der Waals surface area contributed by atoms with Crippen molar-refractivity contribution in [1.29, 1.82) is 0 Å². The summed E-state index contributed by atoms with van der Waals surface area (Å²) in [5.41, 5.74) is 1.23. The number of hydrogen-bond donors (Lipinski definition) is 1. The third kappa shape index (κ3) is 3.51. The van der Waals surface area contributed by atoms with E-state index >= 15 is 0 Å². The van der Waals surface area contributed by atoms with Crippen molar-refractivity contribution in [3.05, 3.63) is 40.6 Å². The average Bonchev–Trinajstić information content (AvgIpc) is 2.50. The maximum absolute atomic E-state index is 11.3. The quantitative estimate of drug-likeness (QED) is 0.624. The Labute approximate surface area is 129 Å². The lowest BCUT2D eigenvalue weighted by Gasteiger charge is -2.23. The molecule has 0 aliphatic heterocycles. The second-order valence-electron chi connectivity index (χ2n) is 5.45. The number of pyridine rings is 1. The maximum atomic E-state index is 11.3. The molecule has 0 aliphatic carbocycles. The molecule has 1 aromatic carbocycles. The van der Waals surface area contributed by atoms with Crippen LogP contribution in [0.4, 0.5) is 11.4 Å². The SMILES string of the molecule is CCOC[C@@H](Nc1c([N+](=O)[O-])cnc2ccccc12)C(C)C. The van der Waals surface area contributed by atoms with Crippen LogP contribution >= 0.6 is 0 Å². The van der Waals surface area contributed by atoms with Gasteiger partial charge in [0, 0.05) is 12.0 Å². The van der Waals surface area contributed by atoms with Crippen LogP contribution in [-0.4, -0.2) is 29.2 Å². The smallest absolute Gasteiger partial charge is 0.311 e. The Morgan fingerprint density at radius 2 is 2.09 bits per heavy atom. The Hall–Kier alpha value is -2.21. The average molecular weight is 303 g/mol. The standard InChI is InChI=1S/C16H21N3O3/c1-4-22-10-14(11(2)3)18-16-12-7-5-6-8-13(12)17-9-15(16)19(20)21/h5-9,11,14H,4,10H2,1-3H3,(H,17,18)/t14-/m1/s1. The summed E-state index contributed by atoms with van der Waals surface area (Å²) in [6.45, 7) is 7.17. The van der Waals surface area contributed by atoms with Crippen LogP contribution in [0.1, 0.15) is 20.8 Å². The Balaban J connectivity index is 2.46. The van der Waals surface area contributed by atoms with Crippen molar-refractivity contribution in [3.63, 3.8) is 0 Å². The molecule has 0 radical (unpaired) electrons. The van der Waals surface area contributed by atoms with Gasteiger partial charge in [0.25, 0.3) is 0 Å². The molecule has 1 aromatic heterocycles. The van der Waals surface area contributed by atoms with Gasteiger partial charge in [-0.15, -0.1) is 0 Å². The van der Waals surface area contributed by atoms with Crippen LogP contribution in [0.15, 0.2) is 30.5 Å². The van der Waals surface area contributed by atoms with Gasteiger partial charge in [0.15, 0.2) is 0 Å². The first kappa shape index (κ1) is 16.2. The molecule has 2 rings (SSSR count). The van der Waals surface area contributed by atoms with E-state index in [0.717, 1.165) is 10.9 Å². The molecular weight excluding hydrogens is 282 g/mol. The molecule has 0 unspecified atom stereocenters. The second-order valence-corrected chi connectivity index (χ2v) is 5.45. The molecule has 1 N–H and O–H groups in total. The molecule has 118 valence electrons. The number of ether oxygens (including phenoxy) is 1. The Morgan fingerprint density at radius 3 is 2.73 bits per heavy atom. The van der Waals surface area contributed by atoms with E-state index in [1.54, 1.807) is 0 Å². The van der Waals surface area contributed by atoms with Gasteiger partial charge in [-0.05, 0) is 18.9 Å². The summed E-state index contributed by atoms with van der Waals surface area (Å²) >= 11 is 0. The number of nitrogens with one attached hydrogen (secondary N) is 1. The molecular formula is C16H21N3O3. The summed E-state index contributed by atoms with van der Waals surface area (Å²) < 4.78 is 5.49. The monoisotopic (exact) mass is 303 g/mol. The highest BCUT2D eigenvalue weighted by molar-refractivity contribution is 5.95. The zero-order valence-corrected chi connectivity index (χ0v) is 13.1. The molecule has 1 atom stereocenters. The summed E-state index contributed by atoms with van der Waals surface area (Å²) in [6, 6.07) is 7.40. The molecule has 0 amide bonds. The molecule has 0 spiro atoms. The van der Waals surface area contributed by atoms with Gasteiger partial charge in [-0.3, -0.25) is 10.1 Å². The van der Waals surface area contributed by atoms with E-state index in [0.29, 0.717) is 18.9 Å². The molecule has 0 bridgehead atoms. The number of benzene rings is 1. The minimum absolute atomic E-state index is 0.00976. The van der Waals surface area contributed by atoms with Gasteiger partial charge >= 0.3 is 5.69 Å². The summed E-state index contributed by atoms with van der Waals surface area (Å²) in [5.74, 6) is 0.276. The summed E-state index contributed by atoms with van der Waals surface area (Å²) in [7, 11) is 0. The fraction of sp³-hybridized carbons (Fsp3) is 0.438. The highest BCUT2D eigenvalue weighted by atomic mass is 16.6. The largest absolute Gasteiger partial charge is 0.380 e. The predicted molar refractivity (Wildman–Crippen MR) is 87.1 cm³/mol. The number of hydrogen-bond acceptors (Lipinski definition) is 5. The lowest BCUT2D eigenvalue weighted by atomic mass is 10.0. The molecule has 6 heteroatoms. The van der Waals surface area contributed by atoms with E-state index in [2.05, 4.69) is 24.1 Å². The van der Waals surface area contributed by atoms with Crippen LogP contribution in [0.5, 0.6) is 0 Å². The van der Waals surface area contributed by atoms with Crippen LogP contribution < -0.4 is 5.32 Å². The van der Waals surface area contributed by atoms with E-state index < -0.39 is 4.92 Å². The van der Waals surface area contributed by atoms with Gasteiger partial charge in [-0.25, -0.2) is 4.98 Å². The first-order valence-electron chi connectivity index (χ1n) is 7.41. The number of nitro groups is 1. The Morgan fingerprint density at radius 1 is 1.36 bits per heavy atom. The normalized spacial score (nSPS) is 12.5. The van der Waals surface area contributed by atoms with Gasteiger partial charge in [0.05, 0.1) is 23.1 Å². The zero-order valence-electron chi connectivity index (χ0n) is 13.1. The minimum Gasteiger partial charge on any atom is -0.380 e. The van der Waals surface area contributed by atoms with Crippen molar-refractivity contribution in [1.82, 2.24) is 4.98 Å². The van der Waals surface area contributed by atoms with Crippen molar-refractivity contribution in [2.75, 3.05) is 18.5 Å². The highest BCUT2D eigenvalue weighted by Crippen LogP contribution is 2.32. The van der Waals surface area contributed by atoms with E-state index in [1.165, 1.54) is 6.20 Å². The Bertz CT molecular complexity index is 658. The number of para-hydroxylation sites is 1. The summed E-state index contributed by atoms with van der Waals surface area (Å²) in [5, 5.41) is 15.4. The number of rotatable bonds is 7. The van der Waals surface area contributed by atoms with Crippen LogP contribution in [0.25, 0.3) is 10.9 Å². The number of fused-ring (bicyclic) bond motifs is 1. The third-order valence-electron chi connectivity index (χ3n) is 3.59. The summed E-state index contributed by atoms with van der Waals surface area (Å²) in [6.07, 6.45) is 1.31. The van der Waals surface area contributed by atoms with Crippen molar-refractivity contribution in [3.8, 4) is 0 Å². The first-order chi connectivity index (χ1) is 10.5. The van der Waals surface area contributed by atoms with E-state index in [9.17, 15) is 10.1 Å². The summed E-state index contributed by atoms with van der Waals surface area (Å²) in [4.78, 5) is 15.1. The fourth-order valence-corrected chi connectivity index (χ4v) is 2.25. The highest BCUT2D eigenvalue weighted by Gasteiger charge is 2.22. The molecule has 6 nitrogen and oxygen atoms in total. The molecule has 0 aliphatic rings. The topological polar surface area (TPSA) is 77.3 Å². The van der Waals surface area contributed by atoms with Gasteiger partial charge in [0.2, 0.25) is 0 Å². The number of aromatic nitrogens is 1. The van der Waals surface area contributed by atoms with Crippen molar-refractivity contribution in [2.24, 2.45) is 5.92 Å². The van der Waals surface area contributed by atoms with E-state index in [4.69, 9.17) is 4.74 Å². The molecule has 2 aromatic rings. The zero-order chi connectivity index (χ0) is 16.1. The molecule has 22 heavy (non-hydrogen) atoms. The molecule has 0 saturated carbocycles. The van der Waals surface area contributed by atoms with Crippen molar-refractivity contribution in [2.45, 2.75) is 26.8 Å². The Kier molecular flexibility index (Phi) is 5.27. The predicted octanol–water partition coefficient (Wildman–Crippen LogP) is 3.62. The van der Waals surface area contributed by atoms with Crippen LogP contribution in [-0.2, 0) is 4.74 Å². The van der Waals surface area contributed by atoms with Crippen LogP contribution in [0.3, 0.4) is 0 Å². The third-order valence-corrected chi connectivity index (χ3v) is 3.59. The minimum atomic E-state index is -0.403. The number of anilines is 1. The van der Waals surface area contributed by atoms with E-state index in [1.807, 2.05) is 31.2 Å².